The van der Waals surface area contributed by atoms with Gasteiger partial charge in [-0.2, -0.15) is 5.26 Å². The number of nitrogens with zero attached hydrogens (tertiary/aromatic N) is 1. The van der Waals surface area contributed by atoms with Crippen molar-refractivity contribution in [2.45, 2.75) is 13.0 Å². The first-order chi connectivity index (χ1) is 17.5. The predicted molar refractivity (Wildman–Crippen MR) is 134 cm³/mol. The van der Waals surface area contributed by atoms with E-state index in [0.717, 1.165) is 11.1 Å². The first kappa shape index (κ1) is 26.1. The molecule has 0 spiro atoms. The molecule has 36 heavy (non-hydrogen) atoms. The molecular formula is C28H27FN2O5. The zero-order chi connectivity index (χ0) is 25.9. The number of methoxy groups -OCH3 is 3. The van der Waals surface area contributed by atoms with Crippen LogP contribution in [-0.2, 0) is 17.8 Å². The standard InChI is InChI=1S/C28H27FN2O5/c1-33-24-10-6-19(15-26(24)34-2)12-13-31-28(32)22(17-30)14-21-7-11-25(27(16-21)35-3)36-18-20-4-8-23(29)9-5-20/h4-11,14-16H,12-13,18H2,1-3H3,(H,31,32)/b22-14-. The Morgan fingerprint density at radius 3 is 2.19 bits per heavy atom. The number of benzene rings is 3. The quantitative estimate of drug-likeness (QED) is 0.310. The molecule has 3 aromatic carbocycles. The van der Waals surface area contributed by atoms with Gasteiger partial charge in [-0.15, -0.1) is 0 Å². The van der Waals surface area contributed by atoms with Gasteiger partial charge < -0.3 is 24.3 Å². The molecule has 0 atom stereocenters. The van der Waals surface area contributed by atoms with E-state index < -0.39 is 5.91 Å². The summed E-state index contributed by atoms with van der Waals surface area (Å²) >= 11 is 0. The Balaban J connectivity index is 1.62. The molecule has 0 heterocycles. The van der Waals surface area contributed by atoms with Crippen molar-refractivity contribution >= 4 is 12.0 Å². The number of nitriles is 1. The SMILES string of the molecule is COc1ccc(CCNC(=O)/C(C#N)=C\c2ccc(OCc3ccc(F)cc3)c(OC)c2)cc1OC. The predicted octanol–water partition coefficient (Wildman–Crippen LogP) is 4.70. The number of carbonyl (C=O) groups is 1. The molecule has 0 saturated carbocycles. The number of hydrogen-bond donors (Lipinski definition) is 1. The van der Waals surface area contributed by atoms with E-state index >= 15 is 0 Å². The molecule has 0 fully saturated rings. The molecule has 0 aliphatic carbocycles. The highest BCUT2D eigenvalue weighted by atomic mass is 19.1. The molecule has 0 unspecified atom stereocenters. The first-order valence-corrected chi connectivity index (χ1v) is 11.1. The van der Waals surface area contributed by atoms with Gasteiger partial charge in [0.1, 0.15) is 24.1 Å². The van der Waals surface area contributed by atoms with E-state index in [-0.39, 0.29) is 18.0 Å². The van der Waals surface area contributed by atoms with Crippen LogP contribution in [0.5, 0.6) is 23.0 Å². The van der Waals surface area contributed by atoms with Gasteiger partial charge in [0.2, 0.25) is 0 Å². The molecule has 0 aliphatic heterocycles. The fraction of sp³-hybridized carbons (Fsp3) is 0.214. The summed E-state index contributed by atoms with van der Waals surface area (Å²) in [6, 6.07) is 18.6. The number of halogens is 1. The average molecular weight is 491 g/mol. The van der Waals surface area contributed by atoms with Crippen LogP contribution in [-0.4, -0.2) is 33.8 Å². The van der Waals surface area contributed by atoms with E-state index in [2.05, 4.69) is 5.32 Å². The van der Waals surface area contributed by atoms with E-state index in [1.807, 2.05) is 18.2 Å². The molecule has 0 radical (unpaired) electrons. The Morgan fingerprint density at radius 1 is 0.889 bits per heavy atom. The lowest BCUT2D eigenvalue weighted by Gasteiger charge is -2.12. The second kappa shape index (κ2) is 12.8. The molecule has 3 rings (SSSR count). The number of rotatable bonds is 11. The van der Waals surface area contributed by atoms with Gasteiger partial charge in [-0.05, 0) is 65.6 Å². The summed E-state index contributed by atoms with van der Waals surface area (Å²) in [5.74, 6) is 1.37. The minimum Gasteiger partial charge on any atom is -0.493 e. The first-order valence-electron chi connectivity index (χ1n) is 11.1. The molecule has 7 nitrogen and oxygen atoms in total. The fourth-order valence-corrected chi connectivity index (χ4v) is 3.40. The maximum atomic E-state index is 13.1. The molecule has 0 aromatic heterocycles. The van der Waals surface area contributed by atoms with Crippen LogP contribution in [0.2, 0.25) is 0 Å². The smallest absolute Gasteiger partial charge is 0.261 e. The van der Waals surface area contributed by atoms with E-state index in [0.29, 0.717) is 41.5 Å². The second-order valence-corrected chi connectivity index (χ2v) is 7.69. The topological polar surface area (TPSA) is 89.8 Å². The van der Waals surface area contributed by atoms with Gasteiger partial charge in [0.15, 0.2) is 23.0 Å². The number of hydrogen-bond acceptors (Lipinski definition) is 6. The number of amides is 1. The van der Waals surface area contributed by atoms with Crippen molar-refractivity contribution in [2.24, 2.45) is 0 Å². The molecule has 1 N–H and O–H groups in total. The van der Waals surface area contributed by atoms with Gasteiger partial charge in [-0.1, -0.05) is 24.3 Å². The highest BCUT2D eigenvalue weighted by Crippen LogP contribution is 2.30. The highest BCUT2D eigenvalue weighted by Gasteiger charge is 2.12. The summed E-state index contributed by atoms with van der Waals surface area (Å²) < 4.78 is 34.8. The van der Waals surface area contributed by atoms with Crippen LogP contribution in [0.25, 0.3) is 6.08 Å². The average Bonchev–Trinajstić information content (AvgIpc) is 2.91. The fourth-order valence-electron chi connectivity index (χ4n) is 3.40. The Bertz CT molecular complexity index is 1270. The maximum Gasteiger partial charge on any atom is 0.261 e. The molecule has 1 amide bonds. The summed E-state index contributed by atoms with van der Waals surface area (Å²) in [7, 11) is 4.63. The van der Waals surface area contributed by atoms with Crippen molar-refractivity contribution in [3.8, 4) is 29.1 Å². The Morgan fingerprint density at radius 2 is 1.53 bits per heavy atom. The Labute approximate surface area is 209 Å². The van der Waals surface area contributed by atoms with Crippen molar-refractivity contribution in [1.82, 2.24) is 5.32 Å². The van der Waals surface area contributed by atoms with Gasteiger partial charge in [0.05, 0.1) is 21.3 Å². The number of carbonyl (C=O) groups excluding carboxylic acids is 1. The third-order valence-corrected chi connectivity index (χ3v) is 5.32. The number of nitrogens with one attached hydrogen (secondary N) is 1. The summed E-state index contributed by atoms with van der Waals surface area (Å²) in [5, 5.41) is 12.3. The molecule has 3 aromatic rings. The van der Waals surface area contributed by atoms with Crippen molar-refractivity contribution in [2.75, 3.05) is 27.9 Å². The van der Waals surface area contributed by atoms with Crippen molar-refractivity contribution in [3.63, 3.8) is 0 Å². The van der Waals surface area contributed by atoms with E-state index in [1.165, 1.54) is 25.3 Å². The normalized spacial score (nSPS) is 10.8. The highest BCUT2D eigenvalue weighted by molar-refractivity contribution is 6.01. The van der Waals surface area contributed by atoms with Crippen molar-refractivity contribution < 1.29 is 28.1 Å². The molecule has 8 heteroatoms. The lowest BCUT2D eigenvalue weighted by Crippen LogP contribution is -2.26. The van der Waals surface area contributed by atoms with Gasteiger partial charge in [0.25, 0.3) is 5.91 Å². The third-order valence-electron chi connectivity index (χ3n) is 5.32. The van der Waals surface area contributed by atoms with Gasteiger partial charge >= 0.3 is 0 Å². The second-order valence-electron chi connectivity index (χ2n) is 7.69. The third kappa shape index (κ3) is 7.00. The van der Waals surface area contributed by atoms with Crippen LogP contribution in [0.4, 0.5) is 4.39 Å². The maximum absolute atomic E-state index is 13.1. The molecular weight excluding hydrogens is 463 g/mol. The molecule has 0 saturated heterocycles. The van der Waals surface area contributed by atoms with E-state index in [4.69, 9.17) is 18.9 Å². The summed E-state index contributed by atoms with van der Waals surface area (Å²) in [6.45, 7) is 0.574. The largest absolute Gasteiger partial charge is 0.493 e. The van der Waals surface area contributed by atoms with Crippen molar-refractivity contribution in [3.05, 3.63) is 88.7 Å². The Kier molecular flexibility index (Phi) is 9.29. The van der Waals surface area contributed by atoms with E-state index in [1.54, 1.807) is 50.6 Å². The number of ether oxygens (including phenoxy) is 4. The summed E-state index contributed by atoms with van der Waals surface area (Å²) in [6.07, 6.45) is 2.04. The van der Waals surface area contributed by atoms with E-state index in [9.17, 15) is 14.4 Å². The minimum absolute atomic E-state index is 0.0376. The van der Waals surface area contributed by atoms with Crippen LogP contribution >= 0.6 is 0 Å². The van der Waals surface area contributed by atoms with Gasteiger partial charge in [0, 0.05) is 6.54 Å². The minimum atomic E-state index is -0.478. The van der Waals surface area contributed by atoms with Crippen LogP contribution in [0.1, 0.15) is 16.7 Å². The van der Waals surface area contributed by atoms with Crippen LogP contribution in [0.3, 0.4) is 0 Å². The monoisotopic (exact) mass is 490 g/mol. The summed E-state index contributed by atoms with van der Waals surface area (Å²) in [4.78, 5) is 12.6. The van der Waals surface area contributed by atoms with Crippen LogP contribution < -0.4 is 24.3 Å². The van der Waals surface area contributed by atoms with Crippen LogP contribution in [0.15, 0.2) is 66.2 Å². The van der Waals surface area contributed by atoms with Crippen LogP contribution in [0, 0.1) is 17.1 Å². The lowest BCUT2D eigenvalue weighted by molar-refractivity contribution is -0.117. The lowest BCUT2D eigenvalue weighted by atomic mass is 10.1. The zero-order valence-corrected chi connectivity index (χ0v) is 20.3. The summed E-state index contributed by atoms with van der Waals surface area (Å²) in [5.41, 5.74) is 2.33. The Hall–Kier alpha value is -4.51. The van der Waals surface area contributed by atoms with Crippen molar-refractivity contribution in [1.29, 1.82) is 5.26 Å². The zero-order valence-electron chi connectivity index (χ0n) is 20.3. The molecule has 0 aliphatic rings. The molecule has 186 valence electrons. The van der Waals surface area contributed by atoms with Gasteiger partial charge in [-0.25, -0.2) is 4.39 Å². The van der Waals surface area contributed by atoms with Gasteiger partial charge in [-0.3, -0.25) is 4.79 Å². The molecule has 0 bridgehead atoms.